The summed E-state index contributed by atoms with van der Waals surface area (Å²) in [5.74, 6) is 0.229. The summed E-state index contributed by atoms with van der Waals surface area (Å²) in [7, 11) is 1.61. The molecule has 0 aliphatic carbocycles. The maximum Gasteiger partial charge on any atom is 0.332 e. The molecular formula is C29H24N2O4S. The largest absolute Gasteiger partial charge is 0.497 e. The van der Waals surface area contributed by atoms with Gasteiger partial charge in [-0.25, -0.2) is 4.79 Å². The molecular weight excluding hydrogens is 472 g/mol. The van der Waals surface area contributed by atoms with Crippen LogP contribution in [0.2, 0.25) is 0 Å². The first kappa shape index (κ1) is 23.5. The minimum Gasteiger partial charge on any atom is -0.497 e. The van der Waals surface area contributed by atoms with Gasteiger partial charge in [-0.1, -0.05) is 17.3 Å². The molecule has 0 unspecified atom stereocenters. The molecule has 3 aromatic carbocycles. The van der Waals surface area contributed by atoms with E-state index < -0.39 is 5.97 Å². The summed E-state index contributed by atoms with van der Waals surface area (Å²) < 4.78 is 7.50. The molecule has 2 aromatic heterocycles. The topological polar surface area (TPSA) is 69.9 Å². The van der Waals surface area contributed by atoms with Crippen molar-refractivity contribution in [2.45, 2.75) is 20.4 Å². The van der Waals surface area contributed by atoms with Crippen LogP contribution in [0.25, 0.3) is 21.8 Å². The lowest BCUT2D eigenvalue weighted by molar-refractivity contribution is -0.140. The molecule has 0 spiro atoms. The van der Waals surface area contributed by atoms with E-state index in [2.05, 4.69) is 16.6 Å². The van der Waals surface area contributed by atoms with E-state index in [1.165, 1.54) is 18.3 Å². The van der Waals surface area contributed by atoms with Crippen molar-refractivity contribution < 1.29 is 19.2 Å². The van der Waals surface area contributed by atoms with Crippen molar-refractivity contribution >= 4 is 50.6 Å². The van der Waals surface area contributed by atoms with Gasteiger partial charge in [0.05, 0.1) is 12.0 Å². The van der Waals surface area contributed by atoms with Crippen molar-refractivity contribution in [2.24, 2.45) is 5.16 Å². The van der Waals surface area contributed by atoms with Gasteiger partial charge in [-0.2, -0.15) is 0 Å². The number of fused-ring (bicyclic) bond motifs is 3. The van der Waals surface area contributed by atoms with Gasteiger partial charge < -0.3 is 14.1 Å². The van der Waals surface area contributed by atoms with E-state index in [0.29, 0.717) is 16.2 Å². The second kappa shape index (κ2) is 9.79. The van der Waals surface area contributed by atoms with E-state index in [1.54, 1.807) is 7.11 Å². The number of carbonyl (C=O) groups excluding carboxylic acids is 2. The SMILES string of the molecule is CCn1c2ccc(C(=O)c3cccs3)cc2c2cc(/C(=N/OC(C)=O)c3ccc(OC)cc3)ccc21. The zero-order chi connectivity index (χ0) is 25.2. The molecule has 0 N–H and O–H groups in total. The minimum atomic E-state index is -0.499. The molecule has 0 atom stereocenters. The number of rotatable bonds is 7. The highest BCUT2D eigenvalue weighted by atomic mass is 32.1. The average Bonchev–Trinajstić information content (AvgIpc) is 3.54. The zero-order valence-corrected chi connectivity index (χ0v) is 21.0. The molecule has 0 aliphatic heterocycles. The highest BCUT2D eigenvalue weighted by Gasteiger charge is 2.17. The van der Waals surface area contributed by atoms with Crippen molar-refractivity contribution in [3.8, 4) is 5.75 Å². The van der Waals surface area contributed by atoms with Gasteiger partial charge in [0, 0.05) is 52.0 Å². The van der Waals surface area contributed by atoms with Crippen molar-refractivity contribution in [1.82, 2.24) is 4.57 Å². The van der Waals surface area contributed by atoms with Gasteiger partial charge in [-0.05, 0) is 73.0 Å². The number of methoxy groups -OCH3 is 1. The van der Waals surface area contributed by atoms with Gasteiger partial charge in [0.2, 0.25) is 5.78 Å². The summed E-state index contributed by atoms with van der Waals surface area (Å²) in [5.41, 5.74) is 4.85. The molecule has 5 aromatic rings. The van der Waals surface area contributed by atoms with E-state index in [4.69, 9.17) is 9.57 Å². The number of nitrogens with zero attached hydrogens (tertiary/aromatic N) is 2. The maximum absolute atomic E-state index is 13.1. The standard InChI is InChI=1S/C29H24N2O4S/c1-4-31-25-13-9-20(28(30-35-18(2)32)19-7-11-22(34-3)12-8-19)16-23(25)24-17-21(10-14-26(24)31)29(33)27-6-5-15-36-27/h5-17H,4H2,1-3H3/b30-28+. The number of oxime groups is 1. The highest BCUT2D eigenvalue weighted by molar-refractivity contribution is 7.12. The first-order chi connectivity index (χ1) is 17.5. The normalized spacial score (nSPS) is 11.7. The van der Waals surface area contributed by atoms with Crippen LogP contribution in [0.1, 0.15) is 40.2 Å². The molecule has 0 radical (unpaired) electrons. The molecule has 0 saturated carbocycles. The Labute approximate surface area is 212 Å². The Bertz CT molecular complexity index is 1610. The van der Waals surface area contributed by atoms with Crippen LogP contribution in [0.3, 0.4) is 0 Å². The lowest BCUT2D eigenvalue weighted by Gasteiger charge is -2.09. The smallest absolute Gasteiger partial charge is 0.332 e. The van der Waals surface area contributed by atoms with E-state index >= 15 is 0 Å². The maximum atomic E-state index is 13.1. The number of ether oxygens (including phenoxy) is 1. The second-order valence-electron chi connectivity index (χ2n) is 8.27. The zero-order valence-electron chi connectivity index (χ0n) is 20.1. The molecule has 0 aliphatic rings. The van der Waals surface area contributed by atoms with Crippen molar-refractivity contribution in [2.75, 3.05) is 7.11 Å². The van der Waals surface area contributed by atoms with Crippen LogP contribution in [-0.2, 0) is 16.2 Å². The van der Waals surface area contributed by atoms with Crippen LogP contribution in [-0.4, -0.2) is 29.1 Å². The van der Waals surface area contributed by atoms with Crippen LogP contribution in [0, 0.1) is 0 Å². The summed E-state index contributed by atoms with van der Waals surface area (Å²) in [6.45, 7) is 4.20. The summed E-state index contributed by atoms with van der Waals surface area (Å²) in [6, 6.07) is 23.1. The van der Waals surface area contributed by atoms with Gasteiger partial charge in [-0.3, -0.25) is 4.79 Å². The van der Waals surface area contributed by atoms with E-state index in [0.717, 1.165) is 45.2 Å². The molecule has 0 saturated heterocycles. The molecule has 7 heteroatoms. The first-order valence-corrected chi connectivity index (χ1v) is 12.4. The van der Waals surface area contributed by atoms with Gasteiger partial charge in [-0.15, -0.1) is 11.3 Å². The number of hydrogen-bond acceptors (Lipinski definition) is 6. The summed E-state index contributed by atoms with van der Waals surface area (Å²) in [4.78, 5) is 30.4. The highest BCUT2D eigenvalue weighted by Crippen LogP contribution is 2.32. The third-order valence-electron chi connectivity index (χ3n) is 6.09. The summed E-state index contributed by atoms with van der Waals surface area (Å²) >= 11 is 1.44. The lowest BCUT2D eigenvalue weighted by atomic mass is 9.99. The predicted molar refractivity (Wildman–Crippen MR) is 143 cm³/mol. The Hall–Kier alpha value is -4.23. The Kier molecular flexibility index (Phi) is 6.40. The Balaban J connectivity index is 1.69. The molecule has 36 heavy (non-hydrogen) atoms. The Morgan fingerprint density at radius 1 is 0.889 bits per heavy atom. The van der Waals surface area contributed by atoms with Crippen LogP contribution < -0.4 is 4.74 Å². The third-order valence-corrected chi connectivity index (χ3v) is 6.96. The van der Waals surface area contributed by atoms with Crippen LogP contribution in [0.4, 0.5) is 0 Å². The van der Waals surface area contributed by atoms with Crippen LogP contribution in [0.5, 0.6) is 5.75 Å². The summed E-state index contributed by atoms with van der Waals surface area (Å²) in [6.07, 6.45) is 0. The molecule has 0 bridgehead atoms. The molecule has 5 rings (SSSR count). The van der Waals surface area contributed by atoms with Crippen LogP contribution in [0.15, 0.2) is 83.3 Å². The van der Waals surface area contributed by atoms with Crippen molar-refractivity contribution in [1.29, 1.82) is 0 Å². The average molecular weight is 497 g/mol. The fourth-order valence-corrected chi connectivity index (χ4v) is 5.10. The number of carbonyl (C=O) groups is 2. The van der Waals surface area contributed by atoms with Crippen LogP contribution >= 0.6 is 11.3 Å². The minimum absolute atomic E-state index is 0.01000. The van der Waals surface area contributed by atoms with Gasteiger partial charge in [0.1, 0.15) is 11.5 Å². The van der Waals surface area contributed by atoms with E-state index in [1.807, 2.05) is 78.2 Å². The van der Waals surface area contributed by atoms with Crippen molar-refractivity contribution in [3.63, 3.8) is 0 Å². The fourth-order valence-electron chi connectivity index (χ4n) is 4.41. The predicted octanol–water partition coefficient (Wildman–Crippen LogP) is 6.43. The van der Waals surface area contributed by atoms with E-state index in [9.17, 15) is 9.59 Å². The number of aromatic nitrogens is 1. The molecule has 0 amide bonds. The quantitative estimate of drug-likeness (QED) is 0.113. The lowest BCUT2D eigenvalue weighted by Crippen LogP contribution is -2.06. The molecule has 2 heterocycles. The number of hydrogen-bond donors (Lipinski definition) is 0. The van der Waals surface area contributed by atoms with E-state index in [-0.39, 0.29) is 5.78 Å². The number of benzene rings is 3. The van der Waals surface area contributed by atoms with Gasteiger partial charge in [0.25, 0.3) is 0 Å². The van der Waals surface area contributed by atoms with Crippen molar-refractivity contribution in [3.05, 3.63) is 99.7 Å². The number of aryl methyl sites for hydroxylation is 1. The molecule has 180 valence electrons. The Morgan fingerprint density at radius 3 is 2.11 bits per heavy atom. The summed E-state index contributed by atoms with van der Waals surface area (Å²) in [5, 5.41) is 8.06. The monoisotopic (exact) mass is 496 g/mol. The number of thiophene rings is 1. The molecule has 0 fully saturated rings. The number of ketones is 1. The van der Waals surface area contributed by atoms with Gasteiger partial charge >= 0.3 is 5.97 Å². The fraction of sp³-hybridized carbons (Fsp3) is 0.138. The van der Waals surface area contributed by atoms with Gasteiger partial charge in [0.15, 0.2) is 0 Å². The second-order valence-corrected chi connectivity index (χ2v) is 9.21. The third kappa shape index (κ3) is 4.29. The Morgan fingerprint density at radius 2 is 1.53 bits per heavy atom. The first-order valence-electron chi connectivity index (χ1n) is 11.5. The molecule has 6 nitrogen and oxygen atoms in total.